The molecule has 16 heavy (non-hydrogen) atoms. The molecule has 1 atom stereocenters. The van der Waals surface area contributed by atoms with Crippen LogP contribution in [-0.2, 0) is 6.42 Å². The Hall–Kier alpha value is -0.900. The third-order valence-electron chi connectivity index (χ3n) is 2.15. The molecule has 0 aliphatic rings. The van der Waals surface area contributed by atoms with Gasteiger partial charge in [-0.25, -0.2) is 4.98 Å². The fraction of sp³-hybridized carbons (Fsp3) is 0.250. The highest BCUT2D eigenvalue weighted by Crippen LogP contribution is 2.25. The maximum atomic E-state index is 9.27. The van der Waals surface area contributed by atoms with Crippen LogP contribution in [0.1, 0.15) is 12.6 Å². The van der Waals surface area contributed by atoms with E-state index < -0.39 is 0 Å². The molecular weight excluding hydrogens is 242 g/mol. The molecule has 0 saturated carbocycles. The zero-order chi connectivity index (χ0) is 11.5. The maximum Gasteiger partial charge on any atom is 0.123 e. The molecule has 84 valence electrons. The number of halogens is 1. The normalized spacial score (nSPS) is 12.7. The first-order valence-electron chi connectivity index (χ1n) is 5.03. The molecule has 0 aliphatic heterocycles. The monoisotopic (exact) mass is 253 g/mol. The van der Waals surface area contributed by atoms with Crippen LogP contribution in [0.25, 0.3) is 10.6 Å². The van der Waals surface area contributed by atoms with E-state index in [0.717, 1.165) is 21.3 Å². The molecular formula is C12H12ClNOS. The Morgan fingerprint density at radius 2 is 2.06 bits per heavy atom. The highest BCUT2D eigenvalue weighted by Gasteiger charge is 2.06. The first kappa shape index (κ1) is 11.6. The van der Waals surface area contributed by atoms with Crippen LogP contribution in [0.4, 0.5) is 0 Å². The molecule has 1 unspecified atom stereocenters. The molecule has 1 aromatic carbocycles. The standard InChI is InChI=1S/C12H12ClNOS/c1-8(15)6-11-7-16-12(14-11)9-2-4-10(13)5-3-9/h2-5,7-8,15H,6H2,1H3. The average Bonchev–Trinajstić information content (AvgIpc) is 2.66. The molecule has 1 aromatic heterocycles. The van der Waals surface area contributed by atoms with Crippen molar-refractivity contribution in [2.75, 3.05) is 0 Å². The number of thiazole rings is 1. The van der Waals surface area contributed by atoms with Gasteiger partial charge >= 0.3 is 0 Å². The maximum absolute atomic E-state index is 9.27. The smallest absolute Gasteiger partial charge is 0.123 e. The lowest BCUT2D eigenvalue weighted by Crippen LogP contribution is -2.04. The molecule has 0 aliphatic carbocycles. The minimum absolute atomic E-state index is 0.347. The summed E-state index contributed by atoms with van der Waals surface area (Å²) >= 11 is 7.41. The average molecular weight is 254 g/mol. The van der Waals surface area contributed by atoms with Crippen LogP contribution in [-0.4, -0.2) is 16.2 Å². The Bertz CT molecular complexity index is 464. The van der Waals surface area contributed by atoms with Gasteiger partial charge in [0.25, 0.3) is 0 Å². The largest absolute Gasteiger partial charge is 0.393 e. The van der Waals surface area contributed by atoms with Crippen molar-refractivity contribution >= 4 is 22.9 Å². The first-order valence-corrected chi connectivity index (χ1v) is 6.29. The summed E-state index contributed by atoms with van der Waals surface area (Å²) in [6, 6.07) is 7.61. The number of hydrogen-bond acceptors (Lipinski definition) is 3. The molecule has 0 fully saturated rings. The summed E-state index contributed by atoms with van der Waals surface area (Å²) in [6.07, 6.45) is 0.254. The molecule has 4 heteroatoms. The Labute approximate surface area is 104 Å². The van der Waals surface area contributed by atoms with Gasteiger partial charge in [0.05, 0.1) is 11.8 Å². The quantitative estimate of drug-likeness (QED) is 0.910. The number of benzene rings is 1. The lowest BCUT2D eigenvalue weighted by atomic mass is 10.2. The van der Waals surface area contributed by atoms with Gasteiger partial charge in [-0.2, -0.15) is 0 Å². The summed E-state index contributed by atoms with van der Waals surface area (Å²) < 4.78 is 0. The van der Waals surface area contributed by atoms with E-state index in [1.165, 1.54) is 0 Å². The third-order valence-corrected chi connectivity index (χ3v) is 3.34. The van der Waals surface area contributed by atoms with Crippen LogP contribution < -0.4 is 0 Å². The summed E-state index contributed by atoms with van der Waals surface area (Å²) in [6.45, 7) is 1.77. The molecule has 1 N–H and O–H groups in total. The summed E-state index contributed by atoms with van der Waals surface area (Å²) in [5, 5.41) is 12.9. The van der Waals surface area contributed by atoms with Gasteiger partial charge in [0.1, 0.15) is 5.01 Å². The SMILES string of the molecule is CC(O)Cc1csc(-c2ccc(Cl)cc2)n1. The second-order valence-electron chi connectivity index (χ2n) is 3.70. The third kappa shape index (κ3) is 2.82. The van der Waals surface area contributed by atoms with E-state index in [1.54, 1.807) is 18.3 Å². The topological polar surface area (TPSA) is 33.1 Å². The molecule has 0 saturated heterocycles. The molecule has 1 heterocycles. The lowest BCUT2D eigenvalue weighted by Gasteiger charge is -1.99. The Morgan fingerprint density at radius 3 is 2.69 bits per heavy atom. The van der Waals surface area contributed by atoms with E-state index in [9.17, 15) is 5.11 Å². The van der Waals surface area contributed by atoms with Crippen molar-refractivity contribution < 1.29 is 5.11 Å². The first-order chi connectivity index (χ1) is 7.65. The Balaban J connectivity index is 2.21. The molecule has 0 radical (unpaired) electrons. The van der Waals surface area contributed by atoms with E-state index in [-0.39, 0.29) is 6.10 Å². The van der Waals surface area contributed by atoms with Gasteiger partial charge in [-0.05, 0) is 19.1 Å². The van der Waals surface area contributed by atoms with Gasteiger partial charge in [-0.3, -0.25) is 0 Å². The van der Waals surface area contributed by atoms with Crippen LogP contribution in [0.15, 0.2) is 29.6 Å². The molecule has 2 rings (SSSR count). The lowest BCUT2D eigenvalue weighted by molar-refractivity contribution is 0.194. The second kappa shape index (κ2) is 4.95. The predicted octanol–water partition coefficient (Wildman–Crippen LogP) is 3.39. The van der Waals surface area contributed by atoms with Gasteiger partial charge in [0.15, 0.2) is 0 Å². The zero-order valence-electron chi connectivity index (χ0n) is 8.85. The fourth-order valence-corrected chi connectivity index (χ4v) is 2.39. The van der Waals surface area contributed by atoms with E-state index in [4.69, 9.17) is 11.6 Å². The van der Waals surface area contributed by atoms with E-state index >= 15 is 0 Å². The summed E-state index contributed by atoms with van der Waals surface area (Å²) in [4.78, 5) is 4.47. The molecule has 0 spiro atoms. The van der Waals surface area contributed by atoms with Crippen LogP contribution in [0, 0.1) is 0 Å². The number of nitrogens with zero attached hydrogens (tertiary/aromatic N) is 1. The van der Waals surface area contributed by atoms with E-state index in [2.05, 4.69) is 4.98 Å². The van der Waals surface area contributed by atoms with Gasteiger partial charge in [0, 0.05) is 22.4 Å². The Morgan fingerprint density at radius 1 is 1.38 bits per heavy atom. The zero-order valence-corrected chi connectivity index (χ0v) is 10.4. The van der Waals surface area contributed by atoms with Crippen molar-refractivity contribution in [2.45, 2.75) is 19.4 Å². The highest BCUT2D eigenvalue weighted by atomic mass is 35.5. The van der Waals surface area contributed by atoms with Crippen molar-refractivity contribution in [2.24, 2.45) is 0 Å². The number of aliphatic hydroxyl groups is 1. The van der Waals surface area contributed by atoms with Crippen LogP contribution in [0.3, 0.4) is 0 Å². The van der Waals surface area contributed by atoms with Crippen LogP contribution in [0.2, 0.25) is 5.02 Å². The van der Waals surface area contributed by atoms with Crippen molar-refractivity contribution in [1.29, 1.82) is 0 Å². The summed E-state index contributed by atoms with van der Waals surface area (Å²) in [5.74, 6) is 0. The summed E-state index contributed by atoms with van der Waals surface area (Å²) in [5.41, 5.74) is 2.00. The number of aliphatic hydroxyl groups excluding tert-OH is 1. The number of aromatic nitrogens is 1. The van der Waals surface area contributed by atoms with Crippen molar-refractivity contribution in [3.63, 3.8) is 0 Å². The van der Waals surface area contributed by atoms with Crippen LogP contribution in [0.5, 0.6) is 0 Å². The van der Waals surface area contributed by atoms with Crippen molar-refractivity contribution in [3.8, 4) is 10.6 Å². The van der Waals surface area contributed by atoms with Gasteiger partial charge < -0.3 is 5.11 Å². The van der Waals surface area contributed by atoms with Crippen molar-refractivity contribution in [3.05, 3.63) is 40.4 Å². The van der Waals surface area contributed by atoms with Crippen LogP contribution >= 0.6 is 22.9 Å². The highest BCUT2D eigenvalue weighted by molar-refractivity contribution is 7.13. The summed E-state index contributed by atoms with van der Waals surface area (Å²) in [7, 11) is 0. The van der Waals surface area contributed by atoms with Gasteiger partial charge in [-0.15, -0.1) is 11.3 Å². The number of hydrogen-bond donors (Lipinski definition) is 1. The predicted molar refractivity (Wildman–Crippen MR) is 67.9 cm³/mol. The minimum Gasteiger partial charge on any atom is -0.393 e. The Kier molecular flexibility index (Phi) is 3.59. The van der Waals surface area contributed by atoms with Crippen molar-refractivity contribution in [1.82, 2.24) is 4.98 Å². The minimum atomic E-state index is -0.347. The molecule has 0 amide bonds. The fourth-order valence-electron chi connectivity index (χ4n) is 1.43. The molecule has 2 nitrogen and oxygen atoms in total. The number of rotatable bonds is 3. The second-order valence-corrected chi connectivity index (χ2v) is 5.00. The van der Waals surface area contributed by atoms with Gasteiger partial charge in [0.2, 0.25) is 0 Å². The molecule has 2 aromatic rings. The van der Waals surface area contributed by atoms with Gasteiger partial charge in [-0.1, -0.05) is 23.7 Å². The van der Waals surface area contributed by atoms with E-state index in [1.807, 2.05) is 29.6 Å². The molecule has 0 bridgehead atoms. The van der Waals surface area contributed by atoms with E-state index in [0.29, 0.717) is 6.42 Å².